The SMILES string of the molecule is CC1(C)CN=C(C(C#N)C#N)NC1. The second-order valence-corrected chi connectivity index (χ2v) is 3.91. The van der Waals surface area contributed by atoms with Gasteiger partial charge in [0.05, 0.1) is 12.1 Å². The molecule has 4 heteroatoms. The van der Waals surface area contributed by atoms with Crippen LogP contribution in [0, 0.1) is 34.0 Å². The lowest BCUT2D eigenvalue weighted by molar-refractivity contribution is 0.359. The van der Waals surface area contributed by atoms with E-state index in [1.165, 1.54) is 0 Å². The molecule has 0 aliphatic carbocycles. The molecule has 0 spiro atoms. The summed E-state index contributed by atoms with van der Waals surface area (Å²) in [5.41, 5.74) is 0.124. The van der Waals surface area contributed by atoms with E-state index < -0.39 is 5.92 Å². The topological polar surface area (TPSA) is 72.0 Å². The maximum atomic E-state index is 8.62. The van der Waals surface area contributed by atoms with Crippen LogP contribution >= 0.6 is 0 Å². The Morgan fingerprint density at radius 2 is 2.08 bits per heavy atom. The summed E-state index contributed by atoms with van der Waals surface area (Å²) in [4.78, 5) is 4.18. The van der Waals surface area contributed by atoms with Crippen LogP contribution in [0.1, 0.15) is 13.8 Å². The number of rotatable bonds is 1. The average Bonchev–Trinajstić information content (AvgIpc) is 2.09. The Labute approximate surface area is 77.9 Å². The summed E-state index contributed by atoms with van der Waals surface area (Å²) in [6.07, 6.45) is 0. The zero-order valence-corrected chi connectivity index (χ0v) is 7.83. The number of nitrogens with one attached hydrogen (secondary N) is 1. The number of hydrogen-bond acceptors (Lipinski definition) is 4. The monoisotopic (exact) mass is 176 g/mol. The summed E-state index contributed by atoms with van der Waals surface area (Å²) in [5.74, 6) is -0.222. The third-order valence-corrected chi connectivity index (χ3v) is 1.96. The van der Waals surface area contributed by atoms with E-state index in [0.717, 1.165) is 6.54 Å². The molecule has 0 unspecified atom stereocenters. The molecule has 1 aliphatic heterocycles. The number of nitrogens with zero attached hydrogens (tertiary/aromatic N) is 3. The van der Waals surface area contributed by atoms with Crippen molar-refractivity contribution in [1.82, 2.24) is 5.32 Å². The number of aliphatic imine (C=N–C) groups is 1. The van der Waals surface area contributed by atoms with Crippen LogP contribution in [0.4, 0.5) is 0 Å². The van der Waals surface area contributed by atoms with Crippen molar-refractivity contribution in [3.63, 3.8) is 0 Å². The van der Waals surface area contributed by atoms with E-state index in [9.17, 15) is 0 Å². The maximum Gasteiger partial charge on any atom is 0.189 e. The van der Waals surface area contributed by atoms with Gasteiger partial charge in [-0.15, -0.1) is 0 Å². The van der Waals surface area contributed by atoms with Crippen LogP contribution in [0.5, 0.6) is 0 Å². The van der Waals surface area contributed by atoms with Gasteiger partial charge in [0.2, 0.25) is 0 Å². The minimum Gasteiger partial charge on any atom is -0.371 e. The molecule has 1 heterocycles. The van der Waals surface area contributed by atoms with Gasteiger partial charge in [-0.3, -0.25) is 4.99 Å². The molecule has 0 bridgehead atoms. The second-order valence-electron chi connectivity index (χ2n) is 3.91. The van der Waals surface area contributed by atoms with E-state index in [4.69, 9.17) is 10.5 Å². The highest BCUT2D eigenvalue weighted by atomic mass is 15.0. The van der Waals surface area contributed by atoms with Crippen LogP contribution in [0.3, 0.4) is 0 Å². The standard InChI is InChI=1S/C9H12N4/c1-9(2)5-12-8(13-6-9)7(3-10)4-11/h7H,5-6H2,1-2H3,(H,12,13). The van der Waals surface area contributed by atoms with E-state index in [2.05, 4.69) is 24.2 Å². The molecule has 0 saturated carbocycles. The van der Waals surface area contributed by atoms with Crippen LogP contribution in [0.2, 0.25) is 0 Å². The lowest BCUT2D eigenvalue weighted by atomic mass is 9.91. The number of amidine groups is 1. The molecule has 0 radical (unpaired) electrons. The van der Waals surface area contributed by atoms with Crippen molar-refractivity contribution in [3.05, 3.63) is 0 Å². The molecule has 0 amide bonds. The Hall–Kier alpha value is -1.55. The lowest BCUT2D eigenvalue weighted by Crippen LogP contribution is -2.43. The number of nitriles is 2. The van der Waals surface area contributed by atoms with E-state index >= 15 is 0 Å². The van der Waals surface area contributed by atoms with Gasteiger partial charge in [-0.1, -0.05) is 13.8 Å². The second kappa shape index (κ2) is 3.45. The van der Waals surface area contributed by atoms with Crippen molar-refractivity contribution in [2.45, 2.75) is 13.8 Å². The van der Waals surface area contributed by atoms with E-state index in [-0.39, 0.29) is 5.41 Å². The zero-order valence-electron chi connectivity index (χ0n) is 7.83. The largest absolute Gasteiger partial charge is 0.371 e. The highest BCUT2D eigenvalue weighted by Crippen LogP contribution is 2.17. The van der Waals surface area contributed by atoms with Gasteiger partial charge in [0.15, 0.2) is 5.92 Å². The van der Waals surface area contributed by atoms with Gasteiger partial charge in [0.25, 0.3) is 0 Å². The quantitative estimate of drug-likeness (QED) is 0.638. The summed E-state index contributed by atoms with van der Waals surface area (Å²) in [6.45, 7) is 5.63. The third kappa shape index (κ3) is 2.19. The Kier molecular flexibility index (Phi) is 2.53. The molecule has 0 fully saturated rings. The van der Waals surface area contributed by atoms with Gasteiger partial charge in [-0.25, -0.2) is 0 Å². The summed E-state index contributed by atoms with van der Waals surface area (Å²) < 4.78 is 0. The third-order valence-electron chi connectivity index (χ3n) is 1.96. The van der Waals surface area contributed by atoms with Gasteiger partial charge in [-0.05, 0) is 0 Å². The van der Waals surface area contributed by atoms with Crippen molar-refractivity contribution < 1.29 is 0 Å². The summed E-state index contributed by atoms with van der Waals surface area (Å²) >= 11 is 0. The van der Waals surface area contributed by atoms with E-state index in [1.54, 1.807) is 0 Å². The minimum absolute atomic E-state index is 0.124. The normalized spacial score (nSPS) is 19.6. The first-order chi connectivity index (χ1) is 6.09. The molecule has 1 rings (SSSR count). The van der Waals surface area contributed by atoms with Gasteiger partial charge in [-0.2, -0.15) is 10.5 Å². The van der Waals surface area contributed by atoms with Crippen LogP contribution in [0.25, 0.3) is 0 Å². The molecule has 0 aromatic heterocycles. The van der Waals surface area contributed by atoms with Crippen LogP contribution in [-0.4, -0.2) is 18.9 Å². The molecule has 0 aromatic rings. The first-order valence-corrected chi connectivity index (χ1v) is 4.16. The fourth-order valence-corrected chi connectivity index (χ4v) is 1.09. The lowest BCUT2D eigenvalue weighted by Gasteiger charge is -2.29. The molecule has 4 nitrogen and oxygen atoms in total. The van der Waals surface area contributed by atoms with Crippen LogP contribution in [-0.2, 0) is 0 Å². The van der Waals surface area contributed by atoms with Gasteiger partial charge in [0, 0.05) is 18.5 Å². The van der Waals surface area contributed by atoms with E-state index in [0.29, 0.717) is 12.4 Å². The Morgan fingerprint density at radius 1 is 1.46 bits per heavy atom. The molecule has 1 aliphatic rings. The van der Waals surface area contributed by atoms with Gasteiger partial charge < -0.3 is 5.32 Å². The molecule has 0 saturated heterocycles. The van der Waals surface area contributed by atoms with Crippen LogP contribution in [0.15, 0.2) is 4.99 Å². The first-order valence-electron chi connectivity index (χ1n) is 4.16. The average molecular weight is 176 g/mol. The van der Waals surface area contributed by atoms with Gasteiger partial charge in [0.1, 0.15) is 5.84 Å². The molecule has 0 aromatic carbocycles. The predicted molar refractivity (Wildman–Crippen MR) is 48.8 cm³/mol. The molecular weight excluding hydrogens is 164 g/mol. The summed E-state index contributed by atoms with van der Waals surface area (Å²) in [5, 5.41) is 20.2. The summed E-state index contributed by atoms with van der Waals surface area (Å²) in [6, 6.07) is 3.79. The zero-order chi connectivity index (χ0) is 9.90. The number of hydrogen-bond donors (Lipinski definition) is 1. The maximum absolute atomic E-state index is 8.62. The predicted octanol–water partition coefficient (Wildman–Crippen LogP) is 0.678. The Bertz CT molecular complexity index is 289. The van der Waals surface area contributed by atoms with Crippen molar-refractivity contribution in [2.75, 3.05) is 13.1 Å². The molecule has 68 valence electrons. The van der Waals surface area contributed by atoms with Gasteiger partial charge >= 0.3 is 0 Å². The highest BCUT2D eigenvalue weighted by molar-refractivity contribution is 5.89. The van der Waals surface area contributed by atoms with Crippen LogP contribution < -0.4 is 5.32 Å². The molecular formula is C9H12N4. The first kappa shape index (κ1) is 9.54. The van der Waals surface area contributed by atoms with Crippen molar-refractivity contribution in [1.29, 1.82) is 10.5 Å². The van der Waals surface area contributed by atoms with Crippen molar-refractivity contribution >= 4 is 5.84 Å². The minimum atomic E-state index is -0.740. The van der Waals surface area contributed by atoms with Crippen molar-refractivity contribution in [3.8, 4) is 12.1 Å². The molecule has 13 heavy (non-hydrogen) atoms. The Morgan fingerprint density at radius 3 is 2.46 bits per heavy atom. The smallest absolute Gasteiger partial charge is 0.189 e. The Balaban J connectivity index is 2.73. The fraction of sp³-hybridized carbons (Fsp3) is 0.667. The highest BCUT2D eigenvalue weighted by Gasteiger charge is 2.25. The molecule has 0 atom stereocenters. The van der Waals surface area contributed by atoms with Crippen molar-refractivity contribution in [2.24, 2.45) is 16.3 Å². The molecule has 1 N–H and O–H groups in total. The summed E-state index contributed by atoms with van der Waals surface area (Å²) in [7, 11) is 0. The van der Waals surface area contributed by atoms with E-state index in [1.807, 2.05) is 12.1 Å². The fourth-order valence-electron chi connectivity index (χ4n) is 1.09.